The minimum absolute atomic E-state index is 0.0950. The number of nitrogens with two attached hydrogens (primary N) is 1. The van der Waals surface area contributed by atoms with Crippen molar-refractivity contribution < 1.29 is 4.92 Å². The summed E-state index contributed by atoms with van der Waals surface area (Å²) in [7, 11) is 0. The van der Waals surface area contributed by atoms with Crippen molar-refractivity contribution >= 4 is 29.0 Å². The molecule has 1 heterocycles. The predicted octanol–water partition coefficient (Wildman–Crippen LogP) is 3.17. The molecular formula is C16H22N6O2. The van der Waals surface area contributed by atoms with Crippen molar-refractivity contribution in [1.29, 1.82) is 0 Å². The van der Waals surface area contributed by atoms with Crippen LogP contribution in [-0.4, -0.2) is 28.0 Å². The standard InChI is InChI=1S/C16H22N6O2/c1-5-21(6-2)16-19-14(17)13(22(23)24)15(20-16)18-12-8-7-10(3)11(4)9-12/h7-9H,5-6H2,1-4H3,(H3,17,18,19,20). The van der Waals surface area contributed by atoms with E-state index in [4.69, 9.17) is 5.73 Å². The fraction of sp³-hybridized carbons (Fsp3) is 0.375. The Kier molecular flexibility index (Phi) is 5.18. The lowest BCUT2D eigenvalue weighted by Crippen LogP contribution is -2.25. The van der Waals surface area contributed by atoms with Gasteiger partial charge < -0.3 is 16.0 Å². The highest BCUT2D eigenvalue weighted by Crippen LogP contribution is 2.32. The summed E-state index contributed by atoms with van der Waals surface area (Å²) in [4.78, 5) is 21.1. The lowest BCUT2D eigenvalue weighted by Gasteiger charge is -2.19. The Morgan fingerprint density at radius 2 is 1.88 bits per heavy atom. The first-order chi connectivity index (χ1) is 11.4. The highest BCUT2D eigenvalue weighted by molar-refractivity contribution is 5.74. The molecule has 0 aliphatic heterocycles. The van der Waals surface area contributed by atoms with E-state index in [0.717, 1.165) is 11.1 Å². The zero-order chi connectivity index (χ0) is 17.9. The van der Waals surface area contributed by atoms with E-state index in [1.165, 1.54) is 0 Å². The van der Waals surface area contributed by atoms with Crippen LogP contribution in [0.4, 0.5) is 29.0 Å². The van der Waals surface area contributed by atoms with Crippen molar-refractivity contribution in [3.05, 3.63) is 39.4 Å². The molecule has 0 saturated carbocycles. The predicted molar refractivity (Wildman–Crippen MR) is 95.9 cm³/mol. The molecule has 0 fully saturated rings. The number of benzene rings is 1. The number of aryl methyl sites for hydroxylation is 2. The van der Waals surface area contributed by atoms with Gasteiger partial charge in [-0.3, -0.25) is 10.1 Å². The van der Waals surface area contributed by atoms with Gasteiger partial charge in [0.05, 0.1) is 4.92 Å². The van der Waals surface area contributed by atoms with Crippen LogP contribution < -0.4 is 16.0 Å². The average molecular weight is 330 g/mol. The van der Waals surface area contributed by atoms with Gasteiger partial charge >= 0.3 is 5.69 Å². The number of nitrogens with zero attached hydrogens (tertiary/aromatic N) is 4. The molecule has 8 heteroatoms. The van der Waals surface area contributed by atoms with Crippen LogP contribution in [0, 0.1) is 24.0 Å². The second-order valence-corrected chi connectivity index (χ2v) is 5.46. The summed E-state index contributed by atoms with van der Waals surface area (Å²) in [5.74, 6) is 0.315. The van der Waals surface area contributed by atoms with Crippen molar-refractivity contribution in [3.8, 4) is 0 Å². The normalized spacial score (nSPS) is 10.5. The molecule has 0 atom stereocenters. The monoisotopic (exact) mass is 330 g/mol. The van der Waals surface area contributed by atoms with Crippen molar-refractivity contribution in [2.45, 2.75) is 27.7 Å². The van der Waals surface area contributed by atoms with E-state index >= 15 is 0 Å². The molecule has 0 bridgehead atoms. The molecule has 2 aromatic rings. The van der Waals surface area contributed by atoms with Crippen LogP contribution in [-0.2, 0) is 0 Å². The molecule has 0 unspecified atom stereocenters. The van der Waals surface area contributed by atoms with Gasteiger partial charge in [0.15, 0.2) is 0 Å². The number of aromatic nitrogens is 2. The van der Waals surface area contributed by atoms with Crippen LogP contribution in [0.2, 0.25) is 0 Å². The third-order valence-corrected chi connectivity index (χ3v) is 3.90. The number of nitrogens with one attached hydrogen (secondary N) is 1. The maximum absolute atomic E-state index is 11.4. The minimum Gasteiger partial charge on any atom is -0.378 e. The van der Waals surface area contributed by atoms with Crippen LogP contribution in [0.15, 0.2) is 18.2 Å². The highest BCUT2D eigenvalue weighted by Gasteiger charge is 2.24. The van der Waals surface area contributed by atoms with Crippen molar-refractivity contribution in [2.24, 2.45) is 0 Å². The van der Waals surface area contributed by atoms with Gasteiger partial charge in [-0.2, -0.15) is 9.97 Å². The molecular weight excluding hydrogens is 308 g/mol. The first-order valence-corrected chi connectivity index (χ1v) is 7.78. The molecule has 0 saturated heterocycles. The molecule has 2 rings (SSSR count). The molecule has 0 spiro atoms. The van der Waals surface area contributed by atoms with E-state index in [1.54, 1.807) is 0 Å². The third-order valence-electron chi connectivity index (χ3n) is 3.90. The molecule has 0 radical (unpaired) electrons. The number of hydrogen-bond acceptors (Lipinski definition) is 7. The molecule has 1 aromatic carbocycles. The summed E-state index contributed by atoms with van der Waals surface area (Å²) in [5, 5.41) is 14.4. The van der Waals surface area contributed by atoms with Gasteiger partial charge in [-0.05, 0) is 51.0 Å². The van der Waals surface area contributed by atoms with Crippen LogP contribution in [0.25, 0.3) is 0 Å². The first kappa shape index (κ1) is 17.5. The quantitative estimate of drug-likeness (QED) is 0.618. The van der Waals surface area contributed by atoms with Crippen molar-refractivity contribution in [2.75, 3.05) is 29.0 Å². The van der Waals surface area contributed by atoms with Gasteiger partial charge in [-0.15, -0.1) is 0 Å². The van der Waals surface area contributed by atoms with E-state index in [9.17, 15) is 10.1 Å². The van der Waals surface area contributed by atoms with Gasteiger partial charge in [-0.1, -0.05) is 6.07 Å². The van der Waals surface area contributed by atoms with Crippen LogP contribution >= 0.6 is 0 Å². The van der Waals surface area contributed by atoms with Crippen LogP contribution in [0.3, 0.4) is 0 Å². The Morgan fingerprint density at radius 1 is 1.21 bits per heavy atom. The molecule has 1 aromatic heterocycles. The summed E-state index contributed by atoms with van der Waals surface area (Å²) in [6, 6.07) is 5.70. The van der Waals surface area contributed by atoms with Gasteiger partial charge in [0.2, 0.25) is 17.6 Å². The smallest absolute Gasteiger partial charge is 0.353 e. The molecule has 0 aliphatic rings. The van der Waals surface area contributed by atoms with Gasteiger partial charge in [0.25, 0.3) is 0 Å². The lowest BCUT2D eigenvalue weighted by molar-refractivity contribution is -0.383. The molecule has 0 aliphatic carbocycles. The Hall–Kier alpha value is -2.90. The summed E-state index contributed by atoms with van der Waals surface area (Å²) >= 11 is 0. The zero-order valence-corrected chi connectivity index (χ0v) is 14.3. The SMILES string of the molecule is CCN(CC)c1nc(N)c([N+](=O)[O-])c(Nc2ccc(C)c(C)c2)n1. The molecule has 0 amide bonds. The Balaban J connectivity index is 2.52. The average Bonchev–Trinajstić information content (AvgIpc) is 2.51. The Morgan fingerprint density at radius 3 is 2.42 bits per heavy atom. The fourth-order valence-electron chi connectivity index (χ4n) is 2.33. The molecule has 8 nitrogen and oxygen atoms in total. The second kappa shape index (κ2) is 7.12. The number of nitrogen functional groups attached to an aromatic ring is 1. The van der Waals surface area contributed by atoms with Gasteiger partial charge in [0.1, 0.15) is 0 Å². The molecule has 24 heavy (non-hydrogen) atoms. The zero-order valence-electron chi connectivity index (χ0n) is 14.3. The summed E-state index contributed by atoms with van der Waals surface area (Å²) in [5.41, 5.74) is 8.43. The van der Waals surface area contributed by atoms with E-state index in [0.29, 0.717) is 24.7 Å². The maximum atomic E-state index is 11.4. The second-order valence-electron chi connectivity index (χ2n) is 5.46. The Bertz CT molecular complexity index is 758. The van der Waals surface area contributed by atoms with E-state index in [-0.39, 0.29) is 17.3 Å². The highest BCUT2D eigenvalue weighted by atomic mass is 16.6. The van der Waals surface area contributed by atoms with Crippen molar-refractivity contribution in [3.63, 3.8) is 0 Å². The fourth-order valence-corrected chi connectivity index (χ4v) is 2.33. The maximum Gasteiger partial charge on any atom is 0.353 e. The summed E-state index contributed by atoms with van der Waals surface area (Å²) in [6.07, 6.45) is 0. The number of hydrogen-bond donors (Lipinski definition) is 2. The topological polar surface area (TPSA) is 110 Å². The van der Waals surface area contributed by atoms with E-state index in [1.807, 2.05) is 50.8 Å². The molecule has 3 N–H and O–H groups in total. The van der Waals surface area contributed by atoms with Gasteiger partial charge in [-0.25, -0.2) is 0 Å². The van der Waals surface area contributed by atoms with E-state index < -0.39 is 4.92 Å². The largest absolute Gasteiger partial charge is 0.378 e. The lowest BCUT2D eigenvalue weighted by atomic mass is 10.1. The number of nitro groups is 1. The first-order valence-electron chi connectivity index (χ1n) is 7.78. The Labute approximate surface area is 140 Å². The van der Waals surface area contributed by atoms with Crippen LogP contribution in [0.1, 0.15) is 25.0 Å². The van der Waals surface area contributed by atoms with E-state index in [2.05, 4.69) is 15.3 Å². The van der Waals surface area contributed by atoms with Crippen LogP contribution in [0.5, 0.6) is 0 Å². The minimum atomic E-state index is -0.565. The molecule has 128 valence electrons. The number of rotatable bonds is 6. The summed E-state index contributed by atoms with van der Waals surface area (Å²) < 4.78 is 0. The summed E-state index contributed by atoms with van der Waals surface area (Å²) in [6.45, 7) is 9.25. The van der Waals surface area contributed by atoms with Crippen molar-refractivity contribution in [1.82, 2.24) is 9.97 Å². The third kappa shape index (κ3) is 3.53. The number of anilines is 4. The van der Waals surface area contributed by atoms with Gasteiger partial charge in [0, 0.05) is 18.8 Å².